The number of amides is 1. The Morgan fingerprint density at radius 1 is 1.12 bits per heavy atom. The number of aromatic nitrogens is 2. The minimum absolute atomic E-state index is 0.0619. The lowest BCUT2D eigenvalue weighted by molar-refractivity contribution is -0.116. The molecular weight excluding hydrogens is 326 g/mol. The zero-order valence-corrected chi connectivity index (χ0v) is 15.3. The maximum absolute atomic E-state index is 12.3. The van der Waals surface area contributed by atoms with Gasteiger partial charge < -0.3 is 9.84 Å². The highest BCUT2D eigenvalue weighted by molar-refractivity contribution is 5.91. The lowest BCUT2D eigenvalue weighted by atomic mass is 10.0. The summed E-state index contributed by atoms with van der Waals surface area (Å²) in [7, 11) is 0. The monoisotopic (exact) mass is 349 g/mol. The maximum Gasteiger partial charge on any atom is 0.227 e. The Balaban J connectivity index is 1.59. The van der Waals surface area contributed by atoms with E-state index in [1.165, 1.54) is 5.56 Å². The molecule has 3 aromatic rings. The van der Waals surface area contributed by atoms with E-state index in [0.717, 1.165) is 16.8 Å². The van der Waals surface area contributed by atoms with Crippen LogP contribution in [-0.4, -0.2) is 16.0 Å². The van der Waals surface area contributed by atoms with Crippen LogP contribution in [0.25, 0.3) is 11.4 Å². The quantitative estimate of drug-likeness (QED) is 0.698. The predicted octanol–water partition coefficient (Wildman–Crippen LogP) is 4.74. The highest BCUT2D eigenvalue weighted by atomic mass is 16.5. The molecule has 0 radical (unpaired) electrons. The Morgan fingerprint density at radius 2 is 1.85 bits per heavy atom. The van der Waals surface area contributed by atoms with Crippen molar-refractivity contribution in [3.8, 4) is 11.4 Å². The molecule has 1 heterocycles. The van der Waals surface area contributed by atoms with Crippen LogP contribution in [-0.2, 0) is 11.2 Å². The fraction of sp³-hybridized carbons (Fsp3) is 0.286. The summed E-state index contributed by atoms with van der Waals surface area (Å²) in [6.45, 7) is 6.24. The third kappa shape index (κ3) is 4.36. The number of hydrogen-bond acceptors (Lipinski definition) is 4. The summed E-state index contributed by atoms with van der Waals surface area (Å²) in [6, 6.07) is 15.8. The summed E-state index contributed by atoms with van der Waals surface area (Å²) in [5.41, 5.74) is 4.07. The number of rotatable bonds is 6. The fourth-order valence-corrected chi connectivity index (χ4v) is 2.72. The van der Waals surface area contributed by atoms with Crippen LogP contribution in [0.3, 0.4) is 0 Å². The van der Waals surface area contributed by atoms with Gasteiger partial charge >= 0.3 is 0 Å². The van der Waals surface area contributed by atoms with Crippen LogP contribution in [0.4, 0.5) is 5.69 Å². The van der Waals surface area contributed by atoms with E-state index >= 15 is 0 Å². The van der Waals surface area contributed by atoms with Gasteiger partial charge in [-0.3, -0.25) is 4.79 Å². The van der Waals surface area contributed by atoms with Gasteiger partial charge in [0.2, 0.25) is 17.6 Å². The number of para-hydroxylation sites is 1. The van der Waals surface area contributed by atoms with Gasteiger partial charge in [0.25, 0.3) is 0 Å². The molecule has 0 saturated carbocycles. The summed E-state index contributed by atoms with van der Waals surface area (Å²) >= 11 is 0. The van der Waals surface area contributed by atoms with Crippen molar-refractivity contribution in [1.82, 2.24) is 10.1 Å². The first kappa shape index (κ1) is 17.9. The zero-order valence-electron chi connectivity index (χ0n) is 15.3. The molecule has 0 fully saturated rings. The number of aryl methyl sites for hydroxylation is 2. The number of benzene rings is 2. The number of nitrogens with one attached hydrogen (secondary N) is 1. The summed E-state index contributed by atoms with van der Waals surface area (Å²) in [4.78, 5) is 16.7. The second-order valence-electron chi connectivity index (χ2n) is 6.67. The van der Waals surface area contributed by atoms with Crippen molar-refractivity contribution in [2.75, 3.05) is 5.32 Å². The molecule has 0 aliphatic heterocycles. The van der Waals surface area contributed by atoms with Crippen LogP contribution < -0.4 is 5.32 Å². The van der Waals surface area contributed by atoms with Gasteiger partial charge in [0.05, 0.1) is 0 Å². The van der Waals surface area contributed by atoms with Gasteiger partial charge in [0, 0.05) is 24.1 Å². The maximum atomic E-state index is 12.3. The van der Waals surface area contributed by atoms with Gasteiger partial charge in [-0.25, -0.2) is 0 Å². The molecule has 0 unspecified atom stereocenters. The lowest BCUT2D eigenvalue weighted by Crippen LogP contribution is -2.14. The standard InChI is InChI=1S/C21H23N3O2/c1-14(2)17-6-4-5-7-18(17)22-19(25)12-13-20-23-21(24-26-20)16-10-8-15(3)9-11-16/h4-11,14H,12-13H2,1-3H3,(H,22,25). The second-order valence-corrected chi connectivity index (χ2v) is 6.67. The second kappa shape index (κ2) is 7.95. The van der Waals surface area contributed by atoms with E-state index in [2.05, 4.69) is 29.3 Å². The van der Waals surface area contributed by atoms with Gasteiger partial charge in [-0.2, -0.15) is 4.98 Å². The number of carbonyl (C=O) groups excluding carboxylic acids is 1. The first-order valence-electron chi connectivity index (χ1n) is 8.81. The summed E-state index contributed by atoms with van der Waals surface area (Å²) in [6.07, 6.45) is 0.705. The van der Waals surface area contributed by atoms with Crippen molar-refractivity contribution in [2.45, 2.75) is 39.5 Å². The van der Waals surface area contributed by atoms with E-state index in [-0.39, 0.29) is 5.91 Å². The molecule has 3 rings (SSSR count). The van der Waals surface area contributed by atoms with E-state index in [1.807, 2.05) is 55.5 Å². The molecule has 2 aromatic carbocycles. The summed E-state index contributed by atoms with van der Waals surface area (Å²) in [5.74, 6) is 1.30. The normalized spacial score (nSPS) is 10.9. The Morgan fingerprint density at radius 3 is 2.58 bits per heavy atom. The van der Waals surface area contributed by atoms with Crippen LogP contribution in [0.15, 0.2) is 53.1 Å². The van der Waals surface area contributed by atoms with Crippen molar-refractivity contribution in [3.63, 3.8) is 0 Å². The molecule has 0 saturated heterocycles. The number of anilines is 1. The van der Waals surface area contributed by atoms with Crippen LogP contribution in [0, 0.1) is 6.92 Å². The SMILES string of the molecule is Cc1ccc(-c2noc(CCC(=O)Nc3ccccc3C(C)C)n2)cc1. The van der Waals surface area contributed by atoms with E-state index in [9.17, 15) is 4.79 Å². The van der Waals surface area contributed by atoms with Gasteiger partial charge in [-0.15, -0.1) is 0 Å². The smallest absolute Gasteiger partial charge is 0.227 e. The van der Waals surface area contributed by atoms with Crippen molar-refractivity contribution in [2.24, 2.45) is 0 Å². The molecule has 5 nitrogen and oxygen atoms in total. The molecule has 0 bridgehead atoms. The van der Waals surface area contributed by atoms with Crippen molar-refractivity contribution >= 4 is 11.6 Å². The Kier molecular flexibility index (Phi) is 5.46. The van der Waals surface area contributed by atoms with Gasteiger partial charge in [0.1, 0.15) is 0 Å². The van der Waals surface area contributed by atoms with Crippen LogP contribution in [0.1, 0.15) is 43.2 Å². The molecule has 1 N–H and O–H groups in total. The minimum atomic E-state index is -0.0619. The predicted molar refractivity (Wildman–Crippen MR) is 102 cm³/mol. The van der Waals surface area contributed by atoms with E-state index in [4.69, 9.17) is 4.52 Å². The Hall–Kier alpha value is -2.95. The van der Waals surface area contributed by atoms with Gasteiger partial charge in [-0.05, 0) is 24.5 Å². The average Bonchev–Trinajstić information content (AvgIpc) is 3.10. The van der Waals surface area contributed by atoms with Crippen molar-refractivity contribution in [3.05, 3.63) is 65.5 Å². The van der Waals surface area contributed by atoms with Crippen molar-refractivity contribution in [1.29, 1.82) is 0 Å². The van der Waals surface area contributed by atoms with E-state index in [0.29, 0.717) is 30.5 Å². The number of hydrogen-bond donors (Lipinski definition) is 1. The molecule has 5 heteroatoms. The molecule has 0 spiro atoms. The Bertz CT molecular complexity index is 882. The van der Waals surface area contributed by atoms with Crippen molar-refractivity contribution < 1.29 is 9.32 Å². The largest absolute Gasteiger partial charge is 0.339 e. The lowest BCUT2D eigenvalue weighted by Gasteiger charge is -2.13. The Labute approximate surface area is 153 Å². The highest BCUT2D eigenvalue weighted by Crippen LogP contribution is 2.24. The number of carbonyl (C=O) groups is 1. The first-order chi connectivity index (χ1) is 12.5. The molecule has 0 aliphatic rings. The molecule has 1 aromatic heterocycles. The molecule has 1 amide bonds. The fourth-order valence-electron chi connectivity index (χ4n) is 2.72. The van der Waals surface area contributed by atoms with Gasteiger partial charge in [-0.1, -0.05) is 67.0 Å². The highest BCUT2D eigenvalue weighted by Gasteiger charge is 2.12. The first-order valence-corrected chi connectivity index (χ1v) is 8.81. The molecule has 0 aliphatic carbocycles. The molecule has 0 atom stereocenters. The average molecular weight is 349 g/mol. The summed E-state index contributed by atoms with van der Waals surface area (Å²) in [5, 5.41) is 6.98. The topological polar surface area (TPSA) is 68.0 Å². The van der Waals surface area contributed by atoms with Crippen LogP contribution >= 0.6 is 0 Å². The van der Waals surface area contributed by atoms with Crippen LogP contribution in [0.2, 0.25) is 0 Å². The van der Waals surface area contributed by atoms with Gasteiger partial charge in [0.15, 0.2) is 0 Å². The van der Waals surface area contributed by atoms with Crippen LogP contribution in [0.5, 0.6) is 0 Å². The minimum Gasteiger partial charge on any atom is -0.339 e. The van der Waals surface area contributed by atoms with E-state index < -0.39 is 0 Å². The molecule has 134 valence electrons. The summed E-state index contributed by atoms with van der Waals surface area (Å²) < 4.78 is 5.27. The molecular formula is C21H23N3O2. The molecule has 26 heavy (non-hydrogen) atoms. The third-order valence-electron chi connectivity index (χ3n) is 4.20. The van der Waals surface area contributed by atoms with E-state index in [1.54, 1.807) is 0 Å². The third-order valence-corrected chi connectivity index (χ3v) is 4.20. The number of nitrogens with zero attached hydrogens (tertiary/aromatic N) is 2. The zero-order chi connectivity index (χ0) is 18.5.